The summed E-state index contributed by atoms with van der Waals surface area (Å²) in [4.78, 5) is 4.46. The Morgan fingerprint density at radius 2 is 2.11 bits per heavy atom. The first-order chi connectivity index (χ1) is 8.74. The van der Waals surface area contributed by atoms with Crippen LogP contribution in [-0.4, -0.2) is 11.1 Å². The van der Waals surface area contributed by atoms with Gasteiger partial charge in [0.2, 0.25) is 0 Å². The monoisotopic (exact) mass is 248 g/mol. The molecule has 0 amide bonds. The van der Waals surface area contributed by atoms with E-state index in [4.69, 9.17) is 10.5 Å². The van der Waals surface area contributed by atoms with Gasteiger partial charge in [-0.2, -0.15) is 0 Å². The number of hydrogen-bond donors (Lipinski definition) is 1. The van der Waals surface area contributed by atoms with Crippen LogP contribution in [0.5, 0.6) is 5.75 Å². The minimum absolute atomic E-state index is 0.346. The number of nitrogens with zero attached hydrogens (tertiary/aromatic N) is 1. The van der Waals surface area contributed by atoms with Crippen LogP contribution in [-0.2, 0) is 6.54 Å². The first-order valence-corrected chi connectivity index (χ1v) is 7.07. The number of ether oxygens (including phenoxy) is 1. The van der Waals surface area contributed by atoms with Crippen LogP contribution >= 0.6 is 0 Å². The van der Waals surface area contributed by atoms with Gasteiger partial charge in [0, 0.05) is 12.2 Å². The SMILES string of the molecule is CCC1CCCCC1Oc1ccc(C)nc1CN. The third-order valence-corrected chi connectivity index (χ3v) is 3.91. The molecule has 2 atom stereocenters. The van der Waals surface area contributed by atoms with E-state index in [1.165, 1.54) is 25.7 Å². The van der Waals surface area contributed by atoms with E-state index < -0.39 is 0 Å². The molecule has 1 aromatic rings. The van der Waals surface area contributed by atoms with Crippen molar-refractivity contribution < 1.29 is 4.74 Å². The molecule has 18 heavy (non-hydrogen) atoms. The molecular weight excluding hydrogens is 224 g/mol. The van der Waals surface area contributed by atoms with Crippen molar-refractivity contribution in [3.05, 3.63) is 23.5 Å². The molecule has 2 N–H and O–H groups in total. The fourth-order valence-electron chi connectivity index (χ4n) is 2.81. The molecule has 1 fully saturated rings. The van der Waals surface area contributed by atoms with Gasteiger partial charge in [0.15, 0.2) is 0 Å². The Morgan fingerprint density at radius 1 is 1.33 bits per heavy atom. The maximum atomic E-state index is 6.19. The quantitative estimate of drug-likeness (QED) is 0.890. The van der Waals surface area contributed by atoms with E-state index in [1.54, 1.807) is 0 Å². The van der Waals surface area contributed by atoms with Crippen LogP contribution in [0.15, 0.2) is 12.1 Å². The van der Waals surface area contributed by atoms with E-state index in [-0.39, 0.29) is 0 Å². The second kappa shape index (κ2) is 6.19. The second-order valence-corrected chi connectivity index (χ2v) is 5.21. The van der Waals surface area contributed by atoms with E-state index in [0.29, 0.717) is 18.6 Å². The average Bonchev–Trinajstić information content (AvgIpc) is 2.41. The van der Waals surface area contributed by atoms with Crippen LogP contribution in [0.3, 0.4) is 0 Å². The Bertz CT molecular complexity index is 392. The Labute approximate surface area is 110 Å². The lowest BCUT2D eigenvalue weighted by Crippen LogP contribution is -2.30. The third-order valence-electron chi connectivity index (χ3n) is 3.91. The molecule has 1 saturated carbocycles. The molecule has 0 radical (unpaired) electrons. The molecule has 1 aromatic heterocycles. The summed E-state index contributed by atoms with van der Waals surface area (Å²) in [5.41, 5.74) is 7.63. The van der Waals surface area contributed by atoms with E-state index in [0.717, 1.165) is 23.6 Å². The van der Waals surface area contributed by atoms with Gasteiger partial charge in [0.05, 0.1) is 5.69 Å². The van der Waals surface area contributed by atoms with Crippen molar-refractivity contribution in [2.45, 2.75) is 58.6 Å². The minimum atomic E-state index is 0.346. The van der Waals surface area contributed by atoms with Gasteiger partial charge in [0.25, 0.3) is 0 Å². The highest BCUT2D eigenvalue weighted by Crippen LogP contribution is 2.31. The van der Waals surface area contributed by atoms with Gasteiger partial charge in [-0.05, 0) is 50.7 Å². The smallest absolute Gasteiger partial charge is 0.142 e. The van der Waals surface area contributed by atoms with Crippen molar-refractivity contribution in [1.82, 2.24) is 4.98 Å². The van der Waals surface area contributed by atoms with E-state index in [2.05, 4.69) is 11.9 Å². The molecular formula is C15H24N2O. The minimum Gasteiger partial charge on any atom is -0.488 e. The van der Waals surface area contributed by atoms with Gasteiger partial charge in [-0.25, -0.2) is 0 Å². The third kappa shape index (κ3) is 3.02. The summed E-state index contributed by atoms with van der Waals surface area (Å²) in [6.45, 7) is 4.68. The van der Waals surface area contributed by atoms with Crippen LogP contribution < -0.4 is 10.5 Å². The number of pyridine rings is 1. The maximum Gasteiger partial charge on any atom is 0.142 e. The molecule has 3 nitrogen and oxygen atoms in total. The van der Waals surface area contributed by atoms with Gasteiger partial charge in [-0.1, -0.05) is 13.3 Å². The fraction of sp³-hybridized carbons (Fsp3) is 0.667. The second-order valence-electron chi connectivity index (χ2n) is 5.21. The molecule has 2 rings (SSSR count). The zero-order chi connectivity index (χ0) is 13.0. The molecule has 0 aromatic carbocycles. The lowest BCUT2D eigenvalue weighted by molar-refractivity contribution is 0.0889. The number of aryl methyl sites for hydroxylation is 1. The first kappa shape index (κ1) is 13.3. The van der Waals surface area contributed by atoms with Gasteiger partial charge in [-0.3, -0.25) is 4.98 Å². The summed E-state index contributed by atoms with van der Waals surface area (Å²) in [5, 5.41) is 0. The Balaban J connectivity index is 2.12. The van der Waals surface area contributed by atoms with Gasteiger partial charge in [0.1, 0.15) is 11.9 Å². The van der Waals surface area contributed by atoms with Crippen molar-refractivity contribution in [1.29, 1.82) is 0 Å². The van der Waals surface area contributed by atoms with Crippen molar-refractivity contribution in [3.63, 3.8) is 0 Å². The Hall–Kier alpha value is -1.09. The highest BCUT2D eigenvalue weighted by atomic mass is 16.5. The summed E-state index contributed by atoms with van der Waals surface area (Å²) in [7, 11) is 0. The van der Waals surface area contributed by atoms with E-state index >= 15 is 0 Å². The van der Waals surface area contributed by atoms with E-state index in [1.807, 2.05) is 19.1 Å². The van der Waals surface area contributed by atoms with Crippen LogP contribution in [0.1, 0.15) is 50.4 Å². The topological polar surface area (TPSA) is 48.1 Å². The molecule has 0 bridgehead atoms. The highest BCUT2D eigenvalue weighted by Gasteiger charge is 2.25. The van der Waals surface area contributed by atoms with Crippen LogP contribution in [0.2, 0.25) is 0 Å². The predicted molar refractivity (Wildman–Crippen MR) is 73.5 cm³/mol. The maximum absolute atomic E-state index is 6.19. The molecule has 1 heterocycles. The molecule has 0 saturated heterocycles. The normalized spacial score (nSPS) is 23.9. The standard InChI is InChI=1S/C15H24N2O/c1-3-12-6-4-5-7-14(12)18-15-9-8-11(2)17-13(15)10-16/h8-9,12,14H,3-7,10,16H2,1-2H3. The van der Waals surface area contributed by atoms with E-state index in [9.17, 15) is 0 Å². The molecule has 1 aliphatic carbocycles. The number of aromatic nitrogens is 1. The summed E-state index contributed by atoms with van der Waals surface area (Å²) < 4.78 is 6.19. The summed E-state index contributed by atoms with van der Waals surface area (Å²) in [5.74, 6) is 1.57. The fourth-order valence-corrected chi connectivity index (χ4v) is 2.81. The number of hydrogen-bond acceptors (Lipinski definition) is 3. The van der Waals surface area contributed by atoms with Crippen LogP contribution in [0.4, 0.5) is 0 Å². The summed E-state index contributed by atoms with van der Waals surface area (Å²) in [6.07, 6.45) is 6.61. The lowest BCUT2D eigenvalue weighted by Gasteiger charge is -2.31. The Kier molecular flexibility index (Phi) is 4.59. The molecule has 100 valence electrons. The average molecular weight is 248 g/mol. The largest absolute Gasteiger partial charge is 0.488 e. The van der Waals surface area contributed by atoms with Gasteiger partial charge >= 0.3 is 0 Å². The highest BCUT2D eigenvalue weighted by molar-refractivity contribution is 5.29. The van der Waals surface area contributed by atoms with Gasteiger partial charge < -0.3 is 10.5 Å². The van der Waals surface area contributed by atoms with Crippen LogP contribution in [0.25, 0.3) is 0 Å². The zero-order valence-electron chi connectivity index (χ0n) is 11.5. The van der Waals surface area contributed by atoms with Crippen molar-refractivity contribution in [2.75, 3.05) is 0 Å². The molecule has 0 spiro atoms. The molecule has 3 heteroatoms. The number of nitrogens with two attached hydrogens (primary N) is 1. The van der Waals surface area contributed by atoms with Crippen molar-refractivity contribution in [3.8, 4) is 5.75 Å². The summed E-state index contributed by atoms with van der Waals surface area (Å²) >= 11 is 0. The predicted octanol–water partition coefficient (Wildman–Crippen LogP) is 3.20. The zero-order valence-corrected chi connectivity index (χ0v) is 11.5. The molecule has 0 aliphatic heterocycles. The molecule has 1 aliphatic rings. The van der Waals surface area contributed by atoms with Gasteiger partial charge in [-0.15, -0.1) is 0 Å². The number of rotatable bonds is 4. The van der Waals surface area contributed by atoms with Crippen molar-refractivity contribution in [2.24, 2.45) is 11.7 Å². The molecule has 2 unspecified atom stereocenters. The Morgan fingerprint density at radius 3 is 2.83 bits per heavy atom. The lowest BCUT2D eigenvalue weighted by atomic mass is 9.85. The van der Waals surface area contributed by atoms with Crippen LogP contribution in [0, 0.1) is 12.8 Å². The first-order valence-electron chi connectivity index (χ1n) is 7.07. The summed E-state index contributed by atoms with van der Waals surface area (Å²) in [6, 6.07) is 4.02. The van der Waals surface area contributed by atoms with Crippen molar-refractivity contribution >= 4 is 0 Å².